The summed E-state index contributed by atoms with van der Waals surface area (Å²) in [6, 6.07) is 4.59. The average molecular weight is 267 g/mol. The predicted octanol–water partition coefficient (Wildman–Crippen LogP) is 2.05. The number of hydrogen-bond donors (Lipinski definition) is 2. The zero-order valence-electron chi connectivity index (χ0n) is 9.61. The lowest BCUT2D eigenvalue weighted by molar-refractivity contribution is 0.0699. The number of nitrogens with zero attached hydrogens (tertiary/aromatic N) is 1. The van der Waals surface area contributed by atoms with Crippen LogP contribution in [0.1, 0.15) is 16.1 Å². The molecule has 1 aromatic carbocycles. The second-order valence-electron chi connectivity index (χ2n) is 3.67. The fourth-order valence-electron chi connectivity index (χ4n) is 1.72. The number of carbonyl (C=O) groups is 1. The Labute approximate surface area is 108 Å². The van der Waals surface area contributed by atoms with Gasteiger partial charge in [-0.25, -0.2) is 4.79 Å². The van der Waals surface area contributed by atoms with E-state index in [1.165, 1.54) is 13.2 Å². The third-order valence-electron chi connectivity index (χ3n) is 2.57. The van der Waals surface area contributed by atoms with Crippen LogP contribution in [-0.2, 0) is 6.54 Å². The zero-order valence-corrected chi connectivity index (χ0v) is 10.4. The molecule has 0 aliphatic heterocycles. The van der Waals surface area contributed by atoms with Crippen molar-refractivity contribution in [3.05, 3.63) is 34.5 Å². The van der Waals surface area contributed by atoms with Crippen molar-refractivity contribution in [3.63, 3.8) is 0 Å². The molecule has 0 spiro atoms. The number of fused-ring (bicyclic) bond motifs is 1. The highest BCUT2D eigenvalue weighted by Crippen LogP contribution is 2.31. The highest BCUT2D eigenvalue weighted by molar-refractivity contribution is 6.33. The standard InChI is InChI=1S/C12H11ClN2O3/c1-18-11-3-7-8(12(16)17)2-6(5-14)15-10(7)4-9(11)13/h2-4H,5,14H2,1H3,(H,16,17). The Morgan fingerprint density at radius 2 is 2.22 bits per heavy atom. The van der Waals surface area contributed by atoms with Crippen molar-refractivity contribution in [1.82, 2.24) is 4.98 Å². The molecule has 94 valence electrons. The molecule has 3 N–H and O–H groups in total. The SMILES string of the molecule is COc1cc2c(C(=O)O)cc(CN)nc2cc1Cl. The number of rotatable bonds is 3. The van der Waals surface area contributed by atoms with Crippen LogP contribution in [0.5, 0.6) is 5.75 Å². The lowest BCUT2D eigenvalue weighted by Crippen LogP contribution is -2.05. The summed E-state index contributed by atoms with van der Waals surface area (Å²) in [4.78, 5) is 15.5. The molecule has 2 rings (SSSR count). The largest absolute Gasteiger partial charge is 0.495 e. The van der Waals surface area contributed by atoms with Gasteiger partial charge in [-0.05, 0) is 18.2 Å². The maximum atomic E-state index is 11.2. The van der Waals surface area contributed by atoms with Crippen LogP contribution in [0.25, 0.3) is 10.9 Å². The van der Waals surface area contributed by atoms with Gasteiger partial charge >= 0.3 is 5.97 Å². The van der Waals surface area contributed by atoms with E-state index in [1.807, 2.05) is 0 Å². The number of aromatic carboxylic acids is 1. The van der Waals surface area contributed by atoms with Gasteiger partial charge in [0.25, 0.3) is 0 Å². The van der Waals surface area contributed by atoms with E-state index in [-0.39, 0.29) is 12.1 Å². The summed E-state index contributed by atoms with van der Waals surface area (Å²) in [7, 11) is 1.47. The quantitative estimate of drug-likeness (QED) is 0.888. The van der Waals surface area contributed by atoms with Gasteiger partial charge in [0.2, 0.25) is 0 Å². The first-order chi connectivity index (χ1) is 8.56. The van der Waals surface area contributed by atoms with Gasteiger partial charge in [0.05, 0.1) is 28.9 Å². The molecule has 0 saturated carbocycles. The van der Waals surface area contributed by atoms with E-state index in [4.69, 9.17) is 22.1 Å². The summed E-state index contributed by atoms with van der Waals surface area (Å²) in [5.41, 5.74) is 6.61. The lowest BCUT2D eigenvalue weighted by atomic mass is 10.1. The van der Waals surface area contributed by atoms with Crippen molar-refractivity contribution >= 4 is 28.5 Å². The first-order valence-electron chi connectivity index (χ1n) is 5.17. The van der Waals surface area contributed by atoms with Crippen LogP contribution in [0, 0.1) is 0 Å². The highest BCUT2D eigenvalue weighted by atomic mass is 35.5. The molecule has 0 aliphatic rings. The van der Waals surface area contributed by atoms with Crippen molar-refractivity contribution in [2.24, 2.45) is 5.73 Å². The number of carboxylic acids is 1. The molecule has 0 aliphatic carbocycles. The van der Waals surface area contributed by atoms with Gasteiger partial charge in [-0.3, -0.25) is 4.98 Å². The number of nitrogens with two attached hydrogens (primary N) is 1. The van der Waals surface area contributed by atoms with Crippen LogP contribution in [0.15, 0.2) is 18.2 Å². The normalized spacial score (nSPS) is 10.6. The van der Waals surface area contributed by atoms with Crippen LogP contribution >= 0.6 is 11.6 Å². The topological polar surface area (TPSA) is 85.4 Å². The second kappa shape index (κ2) is 4.80. The smallest absolute Gasteiger partial charge is 0.336 e. The number of carboxylic acid groups (broad SMARTS) is 1. The molecule has 0 bridgehead atoms. The number of aromatic nitrogens is 1. The van der Waals surface area contributed by atoms with E-state index in [0.29, 0.717) is 27.4 Å². The van der Waals surface area contributed by atoms with Crippen LogP contribution < -0.4 is 10.5 Å². The summed E-state index contributed by atoms with van der Waals surface area (Å²) in [5.74, 6) is -0.629. The van der Waals surface area contributed by atoms with Crippen molar-refractivity contribution in [2.75, 3.05) is 7.11 Å². The molecule has 0 fully saturated rings. The van der Waals surface area contributed by atoms with Crippen LogP contribution in [0.3, 0.4) is 0 Å². The maximum absolute atomic E-state index is 11.2. The summed E-state index contributed by atoms with van der Waals surface area (Å²) < 4.78 is 5.07. The third kappa shape index (κ3) is 2.10. The minimum Gasteiger partial charge on any atom is -0.495 e. The Morgan fingerprint density at radius 1 is 1.50 bits per heavy atom. The minimum atomic E-state index is -1.04. The second-order valence-corrected chi connectivity index (χ2v) is 4.08. The molecule has 5 nitrogen and oxygen atoms in total. The average Bonchev–Trinajstić information content (AvgIpc) is 2.36. The van der Waals surface area contributed by atoms with Crippen LogP contribution in [0.2, 0.25) is 5.02 Å². The first-order valence-corrected chi connectivity index (χ1v) is 5.55. The number of ether oxygens (including phenoxy) is 1. The Hall–Kier alpha value is -1.85. The van der Waals surface area contributed by atoms with Gasteiger partial charge in [-0.2, -0.15) is 0 Å². The molecule has 0 amide bonds. The number of hydrogen-bond acceptors (Lipinski definition) is 4. The van der Waals surface area contributed by atoms with Gasteiger partial charge in [0, 0.05) is 11.9 Å². The molecule has 0 atom stereocenters. The van der Waals surface area contributed by atoms with Gasteiger partial charge in [0.15, 0.2) is 0 Å². The molecule has 0 radical (unpaired) electrons. The molecule has 18 heavy (non-hydrogen) atoms. The molecule has 0 unspecified atom stereocenters. The van der Waals surface area contributed by atoms with Crippen molar-refractivity contribution < 1.29 is 14.6 Å². The number of pyridine rings is 1. The fourth-order valence-corrected chi connectivity index (χ4v) is 1.96. The summed E-state index contributed by atoms with van der Waals surface area (Å²) in [5, 5.41) is 10.0. The van der Waals surface area contributed by atoms with Gasteiger partial charge in [-0.1, -0.05) is 11.6 Å². The molecule has 2 aromatic rings. The summed E-state index contributed by atoms with van der Waals surface area (Å²) >= 11 is 5.99. The number of benzene rings is 1. The highest BCUT2D eigenvalue weighted by Gasteiger charge is 2.14. The van der Waals surface area contributed by atoms with E-state index in [9.17, 15) is 9.90 Å². The lowest BCUT2D eigenvalue weighted by Gasteiger charge is -2.09. The van der Waals surface area contributed by atoms with Gasteiger partial charge in [-0.15, -0.1) is 0 Å². The molecule has 1 aromatic heterocycles. The molecule has 6 heteroatoms. The van der Waals surface area contributed by atoms with E-state index < -0.39 is 5.97 Å². The van der Waals surface area contributed by atoms with Crippen LogP contribution in [-0.4, -0.2) is 23.2 Å². The van der Waals surface area contributed by atoms with E-state index in [2.05, 4.69) is 4.98 Å². The predicted molar refractivity (Wildman–Crippen MR) is 68.2 cm³/mol. The molecular formula is C12H11ClN2O3. The van der Waals surface area contributed by atoms with E-state index in [0.717, 1.165) is 0 Å². The molecule has 1 heterocycles. The molecule has 0 saturated heterocycles. The van der Waals surface area contributed by atoms with Crippen LogP contribution in [0.4, 0.5) is 0 Å². The Bertz CT molecular complexity index is 628. The van der Waals surface area contributed by atoms with Gasteiger partial charge < -0.3 is 15.6 Å². The minimum absolute atomic E-state index is 0.135. The Balaban J connectivity index is 2.83. The number of methoxy groups -OCH3 is 1. The maximum Gasteiger partial charge on any atom is 0.336 e. The zero-order chi connectivity index (χ0) is 13.3. The fraction of sp³-hybridized carbons (Fsp3) is 0.167. The summed E-state index contributed by atoms with van der Waals surface area (Å²) in [6.07, 6.45) is 0. The van der Waals surface area contributed by atoms with E-state index >= 15 is 0 Å². The monoisotopic (exact) mass is 266 g/mol. The summed E-state index contributed by atoms with van der Waals surface area (Å²) in [6.45, 7) is 0.167. The Kier molecular flexibility index (Phi) is 3.36. The first kappa shape index (κ1) is 12.6. The van der Waals surface area contributed by atoms with E-state index in [1.54, 1.807) is 12.1 Å². The van der Waals surface area contributed by atoms with Gasteiger partial charge in [0.1, 0.15) is 5.75 Å². The van der Waals surface area contributed by atoms with Crippen molar-refractivity contribution in [2.45, 2.75) is 6.54 Å². The number of halogens is 1. The Morgan fingerprint density at radius 3 is 2.78 bits per heavy atom. The van der Waals surface area contributed by atoms with Crippen molar-refractivity contribution in [1.29, 1.82) is 0 Å². The van der Waals surface area contributed by atoms with Crippen molar-refractivity contribution in [3.8, 4) is 5.75 Å². The third-order valence-corrected chi connectivity index (χ3v) is 2.87. The molecular weight excluding hydrogens is 256 g/mol.